The second-order valence-electron chi connectivity index (χ2n) is 7.56. The Kier molecular flexibility index (Phi) is 6.33. The fraction of sp³-hybridized carbons (Fsp3) is 0.318. The lowest BCUT2D eigenvalue weighted by Crippen LogP contribution is -2.16. The number of halogens is 3. The highest BCUT2D eigenvalue weighted by Crippen LogP contribution is 2.29. The summed E-state index contributed by atoms with van der Waals surface area (Å²) >= 11 is 0. The summed E-state index contributed by atoms with van der Waals surface area (Å²) in [6.07, 6.45) is -2.29. The number of carbonyl (C=O) groups is 1. The maximum absolute atomic E-state index is 12.9. The number of nitrogens with one attached hydrogen (secondary N) is 1. The van der Waals surface area contributed by atoms with Crippen LogP contribution in [-0.2, 0) is 6.18 Å². The predicted molar refractivity (Wildman–Crippen MR) is 111 cm³/mol. The zero-order chi connectivity index (χ0) is 22.8. The minimum Gasteiger partial charge on any atom is -0.491 e. The second-order valence-corrected chi connectivity index (χ2v) is 7.56. The van der Waals surface area contributed by atoms with E-state index in [0.29, 0.717) is 22.7 Å². The third-order valence-electron chi connectivity index (χ3n) is 4.37. The first-order valence-electron chi connectivity index (χ1n) is 9.76. The van der Waals surface area contributed by atoms with Crippen LogP contribution in [-0.4, -0.2) is 26.8 Å². The van der Waals surface area contributed by atoms with Gasteiger partial charge in [-0.2, -0.15) is 18.3 Å². The number of aromatic nitrogens is 3. The van der Waals surface area contributed by atoms with Crippen molar-refractivity contribution in [2.75, 3.05) is 5.32 Å². The van der Waals surface area contributed by atoms with Gasteiger partial charge in [0, 0.05) is 11.9 Å². The molecule has 1 N–H and O–H groups in total. The van der Waals surface area contributed by atoms with Crippen LogP contribution in [0.4, 0.5) is 18.9 Å². The van der Waals surface area contributed by atoms with Gasteiger partial charge in [-0.1, -0.05) is 13.8 Å². The minimum absolute atomic E-state index is 0.0405. The largest absolute Gasteiger partial charge is 0.491 e. The van der Waals surface area contributed by atoms with Gasteiger partial charge in [0.2, 0.25) is 0 Å². The number of nitrogens with zero attached hydrogens (tertiary/aromatic N) is 3. The highest BCUT2D eigenvalue weighted by molar-refractivity contribution is 6.05. The van der Waals surface area contributed by atoms with Gasteiger partial charge >= 0.3 is 6.18 Å². The second kappa shape index (κ2) is 8.79. The Balaban J connectivity index is 1.85. The average Bonchev–Trinajstić information content (AvgIpc) is 3.14. The minimum atomic E-state index is -4.47. The molecule has 0 saturated carbocycles. The van der Waals surface area contributed by atoms with Crippen LogP contribution in [0, 0.1) is 0 Å². The van der Waals surface area contributed by atoms with E-state index in [1.54, 1.807) is 24.3 Å². The molecular formula is C22H23F3N4O2. The molecule has 0 saturated heterocycles. The van der Waals surface area contributed by atoms with Crippen molar-refractivity contribution in [3.05, 3.63) is 65.6 Å². The normalized spacial score (nSPS) is 11.8. The van der Waals surface area contributed by atoms with Gasteiger partial charge in [0.25, 0.3) is 5.91 Å². The number of benzene rings is 1. The lowest BCUT2D eigenvalue weighted by atomic mass is 10.1. The molecule has 1 aromatic carbocycles. The first-order chi connectivity index (χ1) is 14.6. The summed E-state index contributed by atoms with van der Waals surface area (Å²) in [4.78, 5) is 16.8. The molecule has 2 heterocycles. The van der Waals surface area contributed by atoms with Crippen LogP contribution in [0.15, 0.2) is 48.8 Å². The zero-order valence-corrected chi connectivity index (χ0v) is 17.6. The van der Waals surface area contributed by atoms with E-state index in [2.05, 4.69) is 15.4 Å². The Morgan fingerprint density at radius 1 is 1.03 bits per heavy atom. The van der Waals surface area contributed by atoms with E-state index >= 15 is 0 Å². The smallest absolute Gasteiger partial charge is 0.417 e. The molecule has 0 aliphatic rings. The predicted octanol–water partition coefficient (Wildman–Crippen LogP) is 5.45. The van der Waals surface area contributed by atoms with Gasteiger partial charge in [-0.25, -0.2) is 9.67 Å². The van der Waals surface area contributed by atoms with Crippen molar-refractivity contribution >= 4 is 11.6 Å². The van der Waals surface area contributed by atoms with Gasteiger partial charge in [0.1, 0.15) is 5.75 Å². The van der Waals surface area contributed by atoms with Crippen molar-refractivity contribution in [1.82, 2.24) is 14.8 Å². The summed E-state index contributed by atoms with van der Waals surface area (Å²) in [7, 11) is 0. The lowest BCUT2D eigenvalue weighted by molar-refractivity contribution is -0.137. The van der Waals surface area contributed by atoms with Gasteiger partial charge in [0.05, 0.1) is 29.1 Å². The van der Waals surface area contributed by atoms with Crippen molar-refractivity contribution in [2.45, 2.75) is 45.9 Å². The summed E-state index contributed by atoms with van der Waals surface area (Å²) in [6.45, 7) is 7.58. The molecule has 0 aliphatic carbocycles. The van der Waals surface area contributed by atoms with E-state index in [9.17, 15) is 18.0 Å². The van der Waals surface area contributed by atoms with Crippen molar-refractivity contribution < 1.29 is 22.7 Å². The highest BCUT2D eigenvalue weighted by atomic mass is 19.4. The van der Waals surface area contributed by atoms with E-state index in [4.69, 9.17) is 4.74 Å². The first kappa shape index (κ1) is 22.3. The van der Waals surface area contributed by atoms with Gasteiger partial charge in [-0.3, -0.25) is 4.79 Å². The topological polar surface area (TPSA) is 69.0 Å². The lowest BCUT2D eigenvalue weighted by Gasteiger charge is -2.13. The molecule has 0 bridgehead atoms. The molecule has 2 aromatic heterocycles. The van der Waals surface area contributed by atoms with Crippen LogP contribution in [0.2, 0.25) is 0 Å². The summed E-state index contributed by atoms with van der Waals surface area (Å²) in [5.74, 6) is 0.386. The van der Waals surface area contributed by atoms with Crippen LogP contribution in [0.5, 0.6) is 5.75 Å². The number of anilines is 1. The summed E-state index contributed by atoms with van der Waals surface area (Å²) < 4.78 is 45.4. The molecule has 164 valence electrons. The number of pyridine rings is 1. The molecule has 0 fully saturated rings. The van der Waals surface area contributed by atoms with Crippen LogP contribution in [0.1, 0.15) is 55.2 Å². The molecule has 0 atom stereocenters. The standard InChI is InChI=1S/C22H23F3N4O2/c1-13(2)20-18(21(30)28-16-6-8-17(9-7-16)31-14(3)4)12-27-29(20)19-10-5-15(11-26-19)22(23,24)25/h5-14H,1-4H3,(H,28,30). The Hall–Kier alpha value is -3.36. The van der Waals surface area contributed by atoms with Gasteiger partial charge in [0.15, 0.2) is 5.82 Å². The summed E-state index contributed by atoms with van der Waals surface area (Å²) in [6, 6.07) is 9.15. The van der Waals surface area contributed by atoms with Crippen LogP contribution in [0.3, 0.4) is 0 Å². The number of alkyl halides is 3. The van der Waals surface area contributed by atoms with E-state index < -0.39 is 11.7 Å². The quantitative estimate of drug-likeness (QED) is 0.563. The zero-order valence-electron chi connectivity index (χ0n) is 17.6. The van der Waals surface area contributed by atoms with Gasteiger partial charge in [-0.05, 0) is 56.2 Å². The summed E-state index contributed by atoms with van der Waals surface area (Å²) in [5.41, 5.74) is 0.595. The number of rotatable bonds is 6. The molecule has 3 aromatic rings. The van der Waals surface area contributed by atoms with Crippen LogP contribution < -0.4 is 10.1 Å². The molecule has 31 heavy (non-hydrogen) atoms. The fourth-order valence-electron chi connectivity index (χ4n) is 3.04. The van der Waals surface area contributed by atoms with Crippen molar-refractivity contribution in [2.24, 2.45) is 0 Å². The molecule has 9 heteroatoms. The van der Waals surface area contributed by atoms with Crippen LogP contribution in [0.25, 0.3) is 5.82 Å². The van der Waals surface area contributed by atoms with E-state index in [1.807, 2.05) is 27.7 Å². The number of hydrogen-bond donors (Lipinski definition) is 1. The van der Waals surface area contributed by atoms with Crippen molar-refractivity contribution in [1.29, 1.82) is 0 Å². The monoisotopic (exact) mass is 432 g/mol. The molecule has 0 spiro atoms. The molecular weight excluding hydrogens is 409 g/mol. The number of hydrogen-bond acceptors (Lipinski definition) is 4. The SMILES string of the molecule is CC(C)Oc1ccc(NC(=O)c2cnn(-c3ccc(C(F)(F)F)cn3)c2C(C)C)cc1. The number of carbonyl (C=O) groups excluding carboxylic acids is 1. The maximum atomic E-state index is 12.9. The molecule has 0 unspecified atom stereocenters. The van der Waals surface area contributed by atoms with Gasteiger partial charge in [-0.15, -0.1) is 0 Å². The van der Waals surface area contributed by atoms with Crippen LogP contribution >= 0.6 is 0 Å². The third-order valence-corrected chi connectivity index (χ3v) is 4.37. The van der Waals surface area contributed by atoms with E-state index in [-0.39, 0.29) is 23.7 Å². The average molecular weight is 432 g/mol. The molecule has 3 rings (SSSR count). The van der Waals surface area contributed by atoms with E-state index in [1.165, 1.54) is 16.9 Å². The Bertz CT molecular complexity index is 1040. The Morgan fingerprint density at radius 3 is 2.23 bits per heavy atom. The molecule has 1 amide bonds. The third kappa shape index (κ3) is 5.22. The maximum Gasteiger partial charge on any atom is 0.417 e. The molecule has 0 radical (unpaired) electrons. The Morgan fingerprint density at radius 2 is 1.71 bits per heavy atom. The fourth-order valence-corrected chi connectivity index (χ4v) is 3.04. The molecule has 0 aliphatic heterocycles. The Labute approximate surface area is 178 Å². The van der Waals surface area contributed by atoms with E-state index in [0.717, 1.165) is 12.3 Å². The van der Waals surface area contributed by atoms with Crippen molar-refractivity contribution in [3.8, 4) is 11.6 Å². The highest BCUT2D eigenvalue weighted by Gasteiger charge is 2.31. The van der Waals surface area contributed by atoms with Gasteiger partial charge < -0.3 is 10.1 Å². The number of amides is 1. The summed E-state index contributed by atoms with van der Waals surface area (Å²) in [5, 5.41) is 7.01. The first-order valence-corrected chi connectivity index (χ1v) is 9.76. The molecule has 6 nitrogen and oxygen atoms in total. The van der Waals surface area contributed by atoms with Crippen molar-refractivity contribution in [3.63, 3.8) is 0 Å². The number of ether oxygens (including phenoxy) is 1.